The molecule has 1 aliphatic rings. The van der Waals surface area contributed by atoms with Gasteiger partial charge in [-0.3, -0.25) is 9.48 Å². The lowest BCUT2D eigenvalue weighted by molar-refractivity contribution is -0.139. The molecular weight excluding hydrogens is 198 g/mol. The maximum atomic E-state index is 10.4. The highest BCUT2D eigenvalue weighted by atomic mass is 16.4. The maximum Gasteiger partial charge on any atom is 0.306 e. The van der Waals surface area contributed by atoms with Gasteiger partial charge in [0.15, 0.2) is 0 Å². The maximum absolute atomic E-state index is 10.4. The zero-order valence-electron chi connectivity index (χ0n) is 8.20. The van der Waals surface area contributed by atoms with Crippen molar-refractivity contribution in [1.29, 1.82) is 0 Å². The summed E-state index contributed by atoms with van der Waals surface area (Å²) < 4.78 is 1.66. The van der Waals surface area contributed by atoms with E-state index in [1.165, 1.54) is 12.8 Å². The summed E-state index contributed by atoms with van der Waals surface area (Å²) in [7, 11) is 0. The van der Waals surface area contributed by atoms with Crippen LogP contribution in [-0.4, -0.2) is 31.2 Å². The van der Waals surface area contributed by atoms with Crippen molar-refractivity contribution in [2.45, 2.75) is 31.9 Å². The van der Waals surface area contributed by atoms with Crippen molar-refractivity contribution in [3.05, 3.63) is 11.9 Å². The Morgan fingerprint density at radius 1 is 1.67 bits per heavy atom. The van der Waals surface area contributed by atoms with Crippen LogP contribution in [0.3, 0.4) is 0 Å². The van der Waals surface area contributed by atoms with Crippen LogP contribution in [0.1, 0.15) is 31.1 Å². The van der Waals surface area contributed by atoms with E-state index in [1.807, 2.05) is 0 Å². The van der Waals surface area contributed by atoms with Gasteiger partial charge in [-0.2, -0.15) is 0 Å². The van der Waals surface area contributed by atoms with Gasteiger partial charge in [0.25, 0.3) is 0 Å². The van der Waals surface area contributed by atoms with Crippen LogP contribution in [0.15, 0.2) is 6.20 Å². The van der Waals surface area contributed by atoms with Crippen molar-refractivity contribution in [2.24, 2.45) is 5.92 Å². The lowest BCUT2D eigenvalue weighted by Crippen LogP contribution is -2.05. The zero-order chi connectivity index (χ0) is 10.8. The van der Waals surface area contributed by atoms with Gasteiger partial charge in [-0.15, -0.1) is 5.10 Å². The minimum absolute atomic E-state index is 0.331. The van der Waals surface area contributed by atoms with Crippen molar-refractivity contribution in [3.63, 3.8) is 0 Å². The fourth-order valence-electron chi connectivity index (χ4n) is 1.39. The van der Waals surface area contributed by atoms with Crippen molar-refractivity contribution < 1.29 is 15.0 Å². The first-order chi connectivity index (χ1) is 7.15. The average molecular weight is 211 g/mol. The Kier molecular flexibility index (Phi) is 2.68. The number of hydrogen-bond donors (Lipinski definition) is 2. The van der Waals surface area contributed by atoms with Gasteiger partial charge in [0.2, 0.25) is 0 Å². The number of hydrogen-bond acceptors (Lipinski definition) is 4. The first kappa shape index (κ1) is 10.1. The van der Waals surface area contributed by atoms with Crippen LogP contribution in [0.4, 0.5) is 0 Å². The van der Waals surface area contributed by atoms with Gasteiger partial charge in [0.1, 0.15) is 11.8 Å². The summed E-state index contributed by atoms with van der Waals surface area (Å²) in [6.07, 6.45) is 2.66. The van der Waals surface area contributed by atoms with Crippen LogP contribution in [0.5, 0.6) is 0 Å². The van der Waals surface area contributed by atoms with Crippen molar-refractivity contribution in [3.8, 4) is 0 Å². The summed E-state index contributed by atoms with van der Waals surface area (Å²) in [4.78, 5) is 10.4. The highest BCUT2D eigenvalue weighted by molar-refractivity contribution is 5.67. The number of aliphatic hydroxyl groups is 1. The van der Waals surface area contributed by atoms with Crippen LogP contribution in [0.2, 0.25) is 0 Å². The standard InChI is InChI=1S/C9H13N3O3/c13-8(3-9(14)15)7-5-12(11-10-7)4-6-1-2-6/h5-6,8,13H,1-4H2,(H,14,15)/t8-/m1/s1. The first-order valence-electron chi connectivity index (χ1n) is 4.95. The predicted octanol–water partition coefficient (Wildman–Crippen LogP) is 0.196. The molecular formula is C9H13N3O3. The Labute approximate surface area is 86.5 Å². The van der Waals surface area contributed by atoms with Gasteiger partial charge in [-0.25, -0.2) is 0 Å². The van der Waals surface area contributed by atoms with E-state index >= 15 is 0 Å². The van der Waals surface area contributed by atoms with Crippen molar-refractivity contribution in [2.75, 3.05) is 0 Å². The predicted molar refractivity (Wildman–Crippen MR) is 50.0 cm³/mol. The quantitative estimate of drug-likeness (QED) is 0.726. The number of carboxylic acid groups (broad SMARTS) is 1. The van der Waals surface area contributed by atoms with E-state index in [0.29, 0.717) is 11.6 Å². The molecule has 0 radical (unpaired) electrons. The lowest BCUT2D eigenvalue weighted by atomic mass is 10.2. The zero-order valence-corrected chi connectivity index (χ0v) is 8.20. The molecule has 6 heteroatoms. The molecule has 0 aromatic carbocycles. The number of nitrogens with zero attached hydrogens (tertiary/aromatic N) is 3. The Balaban J connectivity index is 1.95. The second-order valence-corrected chi connectivity index (χ2v) is 3.92. The van der Waals surface area contributed by atoms with Gasteiger partial charge in [0.05, 0.1) is 12.6 Å². The summed E-state index contributed by atoms with van der Waals surface area (Å²) >= 11 is 0. The monoisotopic (exact) mass is 211 g/mol. The lowest BCUT2D eigenvalue weighted by Gasteiger charge is -2.01. The topological polar surface area (TPSA) is 88.2 Å². The molecule has 0 saturated heterocycles. The summed E-state index contributed by atoms with van der Waals surface area (Å²) in [5.41, 5.74) is 0.332. The van der Waals surface area contributed by atoms with Crippen molar-refractivity contribution in [1.82, 2.24) is 15.0 Å². The molecule has 1 saturated carbocycles. The summed E-state index contributed by atoms with van der Waals surface area (Å²) in [6, 6.07) is 0. The first-order valence-corrected chi connectivity index (χ1v) is 4.95. The molecule has 1 aromatic rings. The molecule has 82 valence electrons. The van der Waals surface area contributed by atoms with Crippen LogP contribution in [0, 0.1) is 5.92 Å². The van der Waals surface area contributed by atoms with Crippen LogP contribution in [-0.2, 0) is 11.3 Å². The number of carboxylic acids is 1. The molecule has 15 heavy (non-hydrogen) atoms. The van der Waals surface area contributed by atoms with Crippen LogP contribution >= 0.6 is 0 Å². The van der Waals surface area contributed by atoms with E-state index in [2.05, 4.69) is 10.3 Å². The normalized spacial score (nSPS) is 17.7. The minimum Gasteiger partial charge on any atom is -0.481 e. The number of aliphatic carboxylic acids is 1. The molecule has 0 amide bonds. The number of aliphatic hydroxyl groups excluding tert-OH is 1. The molecule has 0 aliphatic heterocycles. The van der Waals surface area contributed by atoms with Gasteiger partial charge in [0, 0.05) is 6.54 Å². The fraction of sp³-hybridized carbons (Fsp3) is 0.667. The third-order valence-corrected chi connectivity index (χ3v) is 2.41. The summed E-state index contributed by atoms with van der Waals surface area (Å²) in [5, 5.41) is 25.5. The third kappa shape index (κ3) is 2.76. The molecule has 1 fully saturated rings. The van der Waals surface area contributed by atoms with Crippen LogP contribution in [0.25, 0.3) is 0 Å². The summed E-state index contributed by atoms with van der Waals surface area (Å²) in [6.45, 7) is 0.812. The van der Waals surface area contributed by atoms with Gasteiger partial charge in [-0.05, 0) is 18.8 Å². The summed E-state index contributed by atoms with van der Waals surface area (Å²) in [5.74, 6) is -0.365. The molecule has 6 nitrogen and oxygen atoms in total. The molecule has 0 bridgehead atoms. The fourth-order valence-corrected chi connectivity index (χ4v) is 1.39. The second kappa shape index (κ2) is 3.98. The Bertz CT molecular complexity index is 359. The van der Waals surface area contributed by atoms with E-state index in [0.717, 1.165) is 6.54 Å². The number of carbonyl (C=O) groups is 1. The SMILES string of the molecule is O=C(O)C[C@@H](O)c1cn(CC2CC2)nn1. The second-order valence-electron chi connectivity index (χ2n) is 3.92. The van der Waals surface area contributed by atoms with Crippen molar-refractivity contribution >= 4 is 5.97 Å². The van der Waals surface area contributed by atoms with Gasteiger partial charge < -0.3 is 10.2 Å². The van der Waals surface area contributed by atoms with E-state index in [9.17, 15) is 9.90 Å². The van der Waals surface area contributed by atoms with E-state index < -0.39 is 12.1 Å². The average Bonchev–Trinajstić information content (AvgIpc) is 2.80. The van der Waals surface area contributed by atoms with Crippen LogP contribution < -0.4 is 0 Å². The molecule has 0 unspecified atom stereocenters. The highest BCUT2D eigenvalue weighted by Crippen LogP contribution is 2.30. The van der Waals surface area contributed by atoms with Gasteiger partial charge in [-0.1, -0.05) is 5.21 Å². The molecule has 1 aromatic heterocycles. The Morgan fingerprint density at radius 2 is 2.40 bits per heavy atom. The number of rotatable bonds is 5. The molecule has 2 N–H and O–H groups in total. The highest BCUT2D eigenvalue weighted by Gasteiger charge is 2.23. The minimum atomic E-state index is -1.06. The molecule has 1 aliphatic carbocycles. The molecule has 2 rings (SSSR count). The Hall–Kier alpha value is -1.43. The molecule has 1 heterocycles. The van der Waals surface area contributed by atoms with Gasteiger partial charge >= 0.3 is 5.97 Å². The third-order valence-electron chi connectivity index (χ3n) is 2.41. The Morgan fingerprint density at radius 3 is 3.00 bits per heavy atom. The van der Waals surface area contributed by atoms with E-state index in [4.69, 9.17) is 5.11 Å². The number of aromatic nitrogens is 3. The van der Waals surface area contributed by atoms with E-state index in [1.54, 1.807) is 10.9 Å². The molecule has 0 spiro atoms. The van der Waals surface area contributed by atoms with E-state index in [-0.39, 0.29) is 6.42 Å². The molecule has 1 atom stereocenters. The smallest absolute Gasteiger partial charge is 0.306 e. The largest absolute Gasteiger partial charge is 0.481 e.